The molecule has 1 aliphatic heterocycles. The van der Waals surface area contributed by atoms with Crippen LogP contribution in [0, 0.1) is 0 Å². The average molecular weight is 246 g/mol. The summed E-state index contributed by atoms with van der Waals surface area (Å²) in [4.78, 5) is 23.0. The van der Waals surface area contributed by atoms with Gasteiger partial charge in [0.15, 0.2) is 0 Å². The molecule has 0 spiro atoms. The lowest BCUT2D eigenvalue weighted by atomic mass is 10.1. The van der Waals surface area contributed by atoms with E-state index in [1.165, 1.54) is 6.08 Å². The third kappa shape index (κ3) is 3.45. The van der Waals surface area contributed by atoms with Crippen molar-refractivity contribution in [1.82, 2.24) is 0 Å². The number of carbonyl (C=O) groups is 2. The molecule has 94 valence electrons. The number of ether oxygens (including phenoxy) is 2. The fourth-order valence-corrected chi connectivity index (χ4v) is 1.61. The number of cyclic esters (lactones) is 2. The van der Waals surface area contributed by atoms with Gasteiger partial charge in [-0.3, -0.25) is 0 Å². The summed E-state index contributed by atoms with van der Waals surface area (Å²) in [5.41, 5.74) is 1.26. The van der Waals surface area contributed by atoms with E-state index >= 15 is 0 Å². The number of benzene rings is 1. The van der Waals surface area contributed by atoms with Crippen LogP contribution in [0.3, 0.4) is 0 Å². The molecular weight excluding hydrogens is 232 g/mol. The predicted molar refractivity (Wildman–Crippen MR) is 66.0 cm³/mol. The van der Waals surface area contributed by atoms with Gasteiger partial charge in [0.1, 0.15) is 0 Å². The predicted octanol–water partition coefficient (Wildman–Crippen LogP) is 2.19. The van der Waals surface area contributed by atoms with Crippen molar-refractivity contribution < 1.29 is 19.1 Å². The molecule has 1 heterocycles. The van der Waals surface area contributed by atoms with Gasteiger partial charge >= 0.3 is 11.9 Å². The van der Waals surface area contributed by atoms with Crippen molar-refractivity contribution >= 4 is 18.0 Å². The van der Waals surface area contributed by atoms with Gasteiger partial charge in [-0.1, -0.05) is 12.1 Å². The van der Waals surface area contributed by atoms with E-state index in [0.717, 1.165) is 5.56 Å². The van der Waals surface area contributed by atoms with Gasteiger partial charge < -0.3 is 9.47 Å². The molecule has 0 amide bonds. The van der Waals surface area contributed by atoms with Crippen LogP contribution in [0.15, 0.2) is 30.3 Å². The highest BCUT2D eigenvalue weighted by molar-refractivity contribution is 5.91. The molecule has 1 aliphatic rings. The van der Waals surface area contributed by atoms with E-state index < -0.39 is 0 Å². The standard InChI is InChI=1S/C14H14O4/c15-13-7-6-11-4-3-5-12(10-11)14(16)18-9-2-1-8-17-13/h3-7,10H,1-2,8-9H2/b7-6-. The number of fused-ring (bicyclic) bond motifs is 2. The Kier molecular flexibility index (Phi) is 4.12. The molecule has 4 nitrogen and oxygen atoms in total. The summed E-state index contributed by atoms with van der Waals surface area (Å²) in [6.07, 6.45) is 4.35. The van der Waals surface area contributed by atoms with Crippen LogP contribution in [0.5, 0.6) is 0 Å². The van der Waals surface area contributed by atoms with Crippen LogP contribution in [0.4, 0.5) is 0 Å². The van der Waals surface area contributed by atoms with Crippen LogP contribution in [-0.2, 0) is 14.3 Å². The lowest BCUT2D eigenvalue weighted by Gasteiger charge is -2.05. The third-order valence-electron chi connectivity index (χ3n) is 2.55. The molecular formula is C14H14O4. The Labute approximate surface area is 105 Å². The SMILES string of the molecule is O=C1/C=C\c2cccc(c2)C(=O)OCCCCO1. The Morgan fingerprint density at radius 2 is 1.72 bits per heavy atom. The van der Waals surface area contributed by atoms with E-state index in [-0.39, 0.29) is 11.9 Å². The van der Waals surface area contributed by atoms with Crippen LogP contribution < -0.4 is 0 Å². The Bertz CT molecular complexity index is 476. The van der Waals surface area contributed by atoms with Gasteiger partial charge in [-0.2, -0.15) is 0 Å². The molecule has 0 atom stereocenters. The summed E-state index contributed by atoms with van der Waals surface area (Å²) in [5, 5.41) is 0. The second-order valence-electron chi connectivity index (χ2n) is 3.97. The lowest BCUT2D eigenvalue weighted by Crippen LogP contribution is -2.07. The van der Waals surface area contributed by atoms with Gasteiger partial charge in [0.05, 0.1) is 18.8 Å². The fraction of sp³-hybridized carbons (Fsp3) is 0.286. The molecule has 0 unspecified atom stereocenters. The molecule has 0 N–H and O–H groups in total. The summed E-state index contributed by atoms with van der Waals surface area (Å²) in [7, 11) is 0. The Balaban J connectivity index is 2.22. The largest absolute Gasteiger partial charge is 0.463 e. The molecule has 0 aromatic heterocycles. The third-order valence-corrected chi connectivity index (χ3v) is 2.55. The van der Waals surface area contributed by atoms with E-state index in [1.807, 2.05) is 0 Å². The first-order chi connectivity index (χ1) is 8.75. The minimum Gasteiger partial charge on any atom is -0.463 e. The zero-order chi connectivity index (χ0) is 12.8. The number of hydrogen-bond acceptors (Lipinski definition) is 4. The van der Waals surface area contributed by atoms with E-state index in [1.54, 1.807) is 30.3 Å². The fourth-order valence-electron chi connectivity index (χ4n) is 1.61. The maximum atomic E-state index is 11.7. The van der Waals surface area contributed by atoms with Gasteiger partial charge in [0.25, 0.3) is 0 Å². The highest BCUT2D eigenvalue weighted by Gasteiger charge is 2.08. The summed E-state index contributed by atoms with van der Waals surface area (Å²) in [5.74, 6) is -0.705. The quantitative estimate of drug-likeness (QED) is 0.658. The van der Waals surface area contributed by atoms with Gasteiger partial charge in [-0.15, -0.1) is 0 Å². The van der Waals surface area contributed by atoms with Gasteiger partial charge in [0.2, 0.25) is 0 Å². The van der Waals surface area contributed by atoms with Crippen LogP contribution in [0.2, 0.25) is 0 Å². The van der Waals surface area contributed by atoms with Crippen molar-refractivity contribution in [2.75, 3.05) is 13.2 Å². The molecule has 2 rings (SSSR count). The normalized spacial score (nSPS) is 18.7. The van der Waals surface area contributed by atoms with E-state index in [2.05, 4.69) is 0 Å². The minimum atomic E-state index is -0.369. The van der Waals surface area contributed by atoms with Crippen molar-refractivity contribution in [3.63, 3.8) is 0 Å². The summed E-state index contributed by atoms with van der Waals surface area (Å²) in [6, 6.07) is 6.93. The Morgan fingerprint density at radius 3 is 2.56 bits per heavy atom. The molecule has 4 heteroatoms. The number of esters is 2. The Hall–Kier alpha value is -2.10. The second-order valence-corrected chi connectivity index (χ2v) is 3.97. The van der Waals surface area contributed by atoms with Crippen molar-refractivity contribution in [3.8, 4) is 0 Å². The number of rotatable bonds is 0. The first kappa shape index (κ1) is 12.4. The van der Waals surface area contributed by atoms with Gasteiger partial charge in [0, 0.05) is 6.08 Å². The highest BCUT2D eigenvalue weighted by Crippen LogP contribution is 2.10. The first-order valence-electron chi connectivity index (χ1n) is 5.88. The van der Waals surface area contributed by atoms with E-state index in [9.17, 15) is 9.59 Å². The van der Waals surface area contributed by atoms with Gasteiger partial charge in [-0.05, 0) is 36.6 Å². The number of hydrogen-bond donors (Lipinski definition) is 0. The lowest BCUT2D eigenvalue weighted by molar-refractivity contribution is -0.137. The molecule has 0 saturated carbocycles. The maximum absolute atomic E-state index is 11.7. The zero-order valence-corrected chi connectivity index (χ0v) is 9.93. The summed E-state index contributed by atoms with van der Waals surface area (Å²) >= 11 is 0. The smallest absolute Gasteiger partial charge is 0.338 e. The monoisotopic (exact) mass is 246 g/mol. The number of carbonyl (C=O) groups excluding carboxylic acids is 2. The highest BCUT2D eigenvalue weighted by atomic mass is 16.5. The van der Waals surface area contributed by atoms with Crippen LogP contribution >= 0.6 is 0 Å². The molecule has 0 aliphatic carbocycles. The maximum Gasteiger partial charge on any atom is 0.338 e. The van der Waals surface area contributed by atoms with Gasteiger partial charge in [-0.25, -0.2) is 9.59 Å². The second kappa shape index (κ2) is 6.00. The van der Waals surface area contributed by atoms with Crippen molar-refractivity contribution in [2.45, 2.75) is 12.8 Å². The summed E-state index contributed by atoms with van der Waals surface area (Å²) < 4.78 is 10.1. The Morgan fingerprint density at radius 1 is 0.944 bits per heavy atom. The molecule has 0 radical (unpaired) electrons. The molecule has 1 aromatic rings. The van der Waals surface area contributed by atoms with Crippen LogP contribution in [-0.4, -0.2) is 25.2 Å². The molecule has 1 aromatic carbocycles. The van der Waals surface area contributed by atoms with Crippen LogP contribution in [0.1, 0.15) is 28.8 Å². The van der Waals surface area contributed by atoms with Crippen molar-refractivity contribution in [2.24, 2.45) is 0 Å². The zero-order valence-electron chi connectivity index (χ0n) is 9.93. The van der Waals surface area contributed by atoms with E-state index in [4.69, 9.17) is 9.47 Å². The molecule has 18 heavy (non-hydrogen) atoms. The summed E-state index contributed by atoms with van der Waals surface area (Å²) in [6.45, 7) is 0.687. The molecule has 0 fully saturated rings. The first-order valence-corrected chi connectivity index (χ1v) is 5.88. The topological polar surface area (TPSA) is 52.6 Å². The van der Waals surface area contributed by atoms with Crippen molar-refractivity contribution in [3.05, 3.63) is 41.5 Å². The van der Waals surface area contributed by atoms with Crippen LogP contribution in [0.25, 0.3) is 6.08 Å². The average Bonchev–Trinajstić information content (AvgIpc) is 2.40. The molecule has 2 bridgehead atoms. The van der Waals surface area contributed by atoms with Crippen molar-refractivity contribution in [1.29, 1.82) is 0 Å². The van der Waals surface area contributed by atoms with E-state index in [0.29, 0.717) is 31.6 Å². The minimum absolute atomic E-state index is 0.336. The molecule has 0 saturated heterocycles.